The molecule has 1 heterocycles. The Kier molecular flexibility index (Phi) is 2.23. The molecule has 72 valence electrons. The Balaban J connectivity index is 2.21. The van der Waals surface area contributed by atoms with E-state index in [1.54, 1.807) is 0 Å². The van der Waals surface area contributed by atoms with Gasteiger partial charge < -0.3 is 4.42 Å². The van der Waals surface area contributed by atoms with E-state index in [9.17, 15) is 0 Å². The summed E-state index contributed by atoms with van der Waals surface area (Å²) in [5.41, 5.74) is 0.305. The van der Waals surface area contributed by atoms with Gasteiger partial charge in [0, 0.05) is 11.8 Å². The summed E-state index contributed by atoms with van der Waals surface area (Å²) >= 11 is 9.19. The molecule has 1 saturated carbocycles. The second-order valence-electron chi connectivity index (χ2n) is 4.20. The van der Waals surface area contributed by atoms with Crippen LogP contribution in [0, 0.1) is 11.3 Å². The Morgan fingerprint density at radius 2 is 2.23 bits per heavy atom. The highest BCUT2D eigenvalue weighted by Crippen LogP contribution is 2.64. The van der Waals surface area contributed by atoms with Gasteiger partial charge in [-0.1, -0.05) is 13.8 Å². The topological polar surface area (TPSA) is 13.1 Å². The Bertz CT molecular complexity index is 318. The minimum absolute atomic E-state index is 0.305. The molecule has 1 aromatic heterocycles. The zero-order chi connectivity index (χ0) is 9.64. The van der Waals surface area contributed by atoms with Crippen molar-refractivity contribution < 1.29 is 4.42 Å². The van der Waals surface area contributed by atoms with Gasteiger partial charge in [-0.25, -0.2) is 0 Å². The van der Waals surface area contributed by atoms with Gasteiger partial charge in [0.1, 0.15) is 5.76 Å². The molecule has 0 N–H and O–H groups in total. The summed E-state index contributed by atoms with van der Waals surface area (Å²) in [7, 11) is 0. The zero-order valence-corrected chi connectivity index (χ0v) is 10.0. The minimum atomic E-state index is 0.305. The van der Waals surface area contributed by atoms with Crippen molar-refractivity contribution in [3.8, 4) is 0 Å². The molecule has 0 amide bonds. The lowest BCUT2D eigenvalue weighted by molar-refractivity contribution is 0.465. The first kappa shape index (κ1) is 9.60. The zero-order valence-electron chi connectivity index (χ0n) is 7.68. The molecule has 0 aromatic carbocycles. The number of hydrogen-bond acceptors (Lipinski definition) is 1. The number of alkyl halides is 1. The summed E-state index contributed by atoms with van der Waals surface area (Å²) in [6.07, 6.45) is 0. The molecule has 0 saturated heterocycles. The molecule has 1 aromatic rings. The molecule has 2 atom stereocenters. The van der Waals surface area contributed by atoms with Crippen LogP contribution in [0.3, 0.4) is 0 Å². The van der Waals surface area contributed by atoms with E-state index in [0.29, 0.717) is 17.3 Å². The highest BCUT2D eigenvalue weighted by molar-refractivity contribution is 9.10. The largest absolute Gasteiger partial charge is 0.454 e. The second-order valence-corrected chi connectivity index (χ2v) is 5.29. The smallest absolute Gasteiger partial charge is 0.169 e. The quantitative estimate of drug-likeness (QED) is 0.735. The molecule has 1 nitrogen and oxygen atoms in total. The van der Waals surface area contributed by atoms with Gasteiger partial charge in [0.05, 0.1) is 0 Å². The van der Waals surface area contributed by atoms with E-state index in [2.05, 4.69) is 29.8 Å². The molecule has 0 bridgehead atoms. The van der Waals surface area contributed by atoms with Gasteiger partial charge in [0.15, 0.2) is 4.67 Å². The molecule has 2 unspecified atom stereocenters. The molecule has 13 heavy (non-hydrogen) atoms. The predicted octanol–water partition coefficient (Wildman–Crippen LogP) is 4.02. The van der Waals surface area contributed by atoms with Crippen LogP contribution in [0.15, 0.2) is 21.2 Å². The normalized spacial score (nSPS) is 30.5. The van der Waals surface area contributed by atoms with E-state index in [0.717, 1.165) is 16.3 Å². The third kappa shape index (κ3) is 1.44. The highest BCUT2D eigenvalue weighted by atomic mass is 79.9. The van der Waals surface area contributed by atoms with Gasteiger partial charge in [-0.2, -0.15) is 0 Å². The molecule has 1 aliphatic rings. The van der Waals surface area contributed by atoms with E-state index in [1.165, 1.54) is 0 Å². The summed E-state index contributed by atoms with van der Waals surface area (Å²) in [6, 6.07) is 3.97. The lowest BCUT2D eigenvalue weighted by Crippen LogP contribution is -1.90. The molecular formula is C10H12BrClO. The summed E-state index contributed by atoms with van der Waals surface area (Å²) < 4.78 is 6.34. The molecular weight excluding hydrogens is 251 g/mol. The predicted molar refractivity (Wildman–Crippen MR) is 57.1 cm³/mol. The lowest BCUT2D eigenvalue weighted by Gasteiger charge is -1.98. The fourth-order valence-electron chi connectivity index (χ4n) is 2.09. The van der Waals surface area contributed by atoms with E-state index < -0.39 is 0 Å². The van der Waals surface area contributed by atoms with E-state index >= 15 is 0 Å². The maximum absolute atomic E-state index is 5.88. The van der Waals surface area contributed by atoms with Gasteiger partial charge in [-0.15, -0.1) is 11.6 Å². The van der Waals surface area contributed by atoms with Crippen LogP contribution >= 0.6 is 27.5 Å². The van der Waals surface area contributed by atoms with Crippen LogP contribution in [0.4, 0.5) is 0 Å². The third-order valence-electron chi connectivity index (χ3n) is 3.12. The van der Waals surface area contributed by atoms with Crippen molar-refractivity contribution in [1.29, 1.82) is 0 Å². The van der Waals surface area contributed by atoms with Crippen LogP contribution < -0.4 is 0 Å². The van der Waals surface area contributed by atoms with Gasteiger partial charge in [0.25, 0.3) is 0 Å². The van der Waals surface area contributed by atoms with Crippen molar-refractivity contribution in [1.82, 2.24) is 0 Å². The lowest BCUT2D eigenvalue weighted by atomic mass is 10.1. The van der Waals surface area contributed by atoms with Crippen molar-refractivity contribution in [2.75, 3.05) is 5.88 Å². The molecule has 2 rings (SSSR count). The SMILES string of the molecule is CC1(C)C(CCl)C1c1ccc(Br)o1. The Morgan fingerprint density at radius 3 is 2.62 bits per heavy atom. The fourth-order valence-corrected chi connectivity index (χ4v) is 2.99. The molecule has 3 heteroatoms. The average molecular weight is 264 g/mol. The van der Waals surface area contributed by atoms with Crippen LogP contribution in [0.25, 0.3) is 0 Å². The van der Waals surface area contributed by atoms with Gasteiger partial charge in [-0.3, -0.25) is 0 Å². The van der Waals surface area contributed by atoms with E-state index in [-0.39, 0.29) is 0 Å². The third-order valence-corrected chi connectivity index (χ3v) is 3.88. The van der Waals surface area contributed by atoms with Crippen molar-refractivity contribution in [3.63, 3.8) is 0 Å². The van der Waals surface area contributed by atoms with E-state index in [4.69, 9.17) is 16.0 Å². The summed E-state index contributed by atoms with van der Waals surface area (Å²) in [6.45, 7) is 4.47. The van der Waals surface area contributed by atoms with Crippen LogP contribution in [-0.4, -0.2) is 5.88 Å². The number of halogens is 2. The van der Waals surface area contributed by atoms with Gasteiger partial charge in [-0.05, 0) is 39.4 Å². The van der Waals surface area contributed by atoms with Gasteiger partial charge >= 0.3 is 0 Å². The molecule has 0 radical (unpaired) electrons. The van der Waals surface area contributed by atoms with Crippen molar-refractivity contribution in [2.24, 2.45) is 11.3 Å². The van der Waals surface area contributed by atoms with Crippen LogP contribution in [0.5, 0.6) is 0 Å². The minimum Gasteiger partial charge on any atom is -0.454 e. The molecule has 1 fully saturated rings. The first-order valence-corrected chi connectivity index (χ1v) is 5.71. The summed E-state index contributed by atoms with van der Waals surface area (Å²) in [5.74, 6) is 2.83. The standard InChI is InChI=1S/C10H12BrClO/c1-10(2)6(5-12)9(10)7-3-4-8(11)13-7/h3-4,6,9H,5H2,1-2H3. The maximum atomic E-state index is 5.88. The summed E-state index contributed by atoms with van der Waals surface area (Å²) in [5, 5.41) is 0. The average Bonchev–Trinajstić information content (AvgIpc) is 2.41. The van der Waals surface area contributed by atoms with Crippen LogP contribution in [0.2, 0.25) is 0 Å². The molecule has 0 spiro atoms. The second kappa shape index (κ2) is 3.03. The monoisotopic (exact) mass is 262 g/mol. The van der Waals surface area contributed by atoms with Crippen molar-refractivity contribution in [3.05, 3.63) is 22.6 Å². The maximum Gasteiger partial charge on any atom is 0.169 e. The fraction of sp³-hybridized carbons (Fsp3) is 0.600. The molecule has 1 aliphatic carbocycles. The van der Waals surface area contributed by atoms with E-state index in [1.807, 2.05) is 12.1 Å². The summed E-state index contributed by atoms with van der Waals surface area (Å²) in [4.78, 5) is 0. The Morgan fingerprint density at radius 1 is 1.54 bits per heavy atom. The number of rotatable bonds is 2. The molecule has 0 aliphatic heterocycles. The first-order chi connectivity index (χ1) is 6.07. The number of furan rings is 1. The van der Waals surface area contributed by atoms with Gasteiger partial charge in [0.2, 0.25) is 0 Å². The Hall–Kier alpha value is 0.0500. The number of hydrogen-bond donors (Lipinski definition) is 0. The van der Waals surface area contributed by atoms with Crippen LogP contribution in [-0.2, 0) is 0 Å². The Labute approximate surface area is 91.6 Å². The van der Waals surface area contributed by atoms with Crippen molar-refractivity contribution in [2.45, 2.75) is 19.8 Å². The van der Waals surface area contributed by atoms with Crippen molar-refractivity contribution >= 4 is 27.5 Å². The highest BCUT2D eigenvalue weighted by Gasteiger charge is 2.59. The van der Waals surface area contributed by atoms with Crippen LogP contribution in [0.1, 0.15) is 25.5 Å². The first-order valence-electron chi connectivity index (χ1n) is 4.38.